The summed E-state index contributed by atoms with van der Waals surface area (Å²) >= 11 is 0. The molecule has 1 aliphatic rings. The molecule has 1 aromatic heterocycles. The molecule has 7 heteroatoms. The largest absolute Gasteiger partial charge is 0.493 e. The fourth-order valence-corrected chi connectivity index (χ4v) is 3.62. The van der Waals surface area contributed by atoms with Gasteiger partial charge in [0.25, 0.3) is 0 Å². The number of aromatic nitrogens is 1. The van der Waals surface area contributed by atoms with Crippen molar-refractivity contribution in [3.8, 4) is 11.5 Å². The predicted molar refractivity (Wildman–Crippen MR) is 116 cm³/mol. The van der Waals surface area contributed by atoms with Crippen molar-refractivity contribution in [2.24, 2.45) is 7.05 Å². The summed E-state index contributed by atoms with van der Waals surface area (Å²) in [6, 6.07) is 11.4. The molecule has 0 aliphatic carbocycles. The molecule has 7 nitrogen and oxygen atoms in total. The van der Waals surface area contributed by atoms with Gasteiger partial charge >= 0.3 is 0 Å². The Bertz CT molecular complexity index is 1160. The lowest BCUT2D eigenvalue weighted by Gasteiger charge is -2.17. The van der Waals surface area contributed by atoms with E-state index in [4.69, 9.17) is 9.47 Å². The average molecular weight is 405 g/mol. The highest BCUT2D eigenvalue weighted by Crippen LogP contribution is 2.32. The summed E-state index contributed by atoms with van der Waals surface area (Å²) in [5.41, 5.74) is 3.47. The zero-order valence-electron chi connectivity index (χ0n) is 17.1. The highest BCUT2D eigenvalue weighted by molar-refractivity contribution is 5.97. The van der Waals surface area contributed by atoms with Crippen LogP contribution in [-0.2, 0) is 23.1 Å². The third-order valence-corrected chi connectivity index (χ3v) is 5.22. The molecule has 0 unspecified atom stereocenters. The number of amides is 2. The SMILES string of the molecule is COc1cc2c(cc1OC)CC(=O)N(CC(=O)Nc1ccc3c(ccn3C)c1)C=C2. The Labute approximate surface area is 174 Å². The van der Waals surface area contributed by atoms with Crippen LogP contribution >= 0.6 is 0 Å². The van der Waals surface area contributed by atoms with E-state index in [2.05, 4.69) is 5.32 Å². The predicted octanol–water partition coefficient (Wildman–Crippen LogP) is 3.19. The van der Waals surface area contributed by atoms with Gasteiger partial charge in [-0.25, -0.2) is 0 Å². The van der Waals surface area contributed by atoms with Gasteiger partial charge in [-0.15, -0.1) is 0 Å². The molecule has 1 aliphatic heterocycles. The lowest BCUT2D eigenvalue weighted by atomic mass is 10.0. The molecule has 0 atom stereocenters. The van der Waals surface area contributed by atoms with Gasteiger partial charge in [-0.3, -0.25) is 9.59 Å². The number of benzene rings is 2. The van der Waals surface area contributed by atoms with Gasteiger partial charge in [0.1, 0.15) is 6.54 Å². The second kappa shape index (κ2) is 7.94. The topological polar surface area (TPSA) is 72.8 Å². The third kappa shape index (κ3) is 3.74. The smallest absolute Gasteiger partial charge is 0.244 e. The Morgan fingerprint density at radius 3 is 2.63 bits per heavy atom. The van der Waals surface area contributed by atoms with Crippen LogP contribution in [-0.4, -0.2) is 42.0 Å². The summed E-state index contributed by atoms with van der Waals surface area (Å²) in [6.45, 7) is -0.0651. The van der Waals surface area contributed by atoms with E-state index in [0.717, 1.165) is 22.0 Å². The van der Waals surface area contributed by atoms with Crippen molar-refractivity contribution < 1.29 is 19.1 Å². The molecular weight excluding hydrogens is 382 g/mol. The molecule has 2 aromatic carbocycles. The van der Waals surface area contributed by atoms with Crippen LogP contribution in [0.5, 0.6) is 11.5 Å². The maximum absolute atomic E-state index is 12.7. The van der Waals surface area contributed by atoms with Gasteiger partial charge in [-0.05, 0) is 53.6 Å². The van der Waals surface area contributed by atoms with Crippen LogP contribution < -0.4 is 14.8 Å². The number of hydrogen-bond donors (Lipinski definition) is 1. The maximum Gasteiger partial charge on any atom is 0.244 e. The first-order valence-corrected chi connectivity index (χ1v) is 9.56. The van der Waals surface area contributed by atoms with Crippen LogP contribution in [0.2, 0.25) is 0 Å². The number of rotatable bonds is 5. The Kier molecular flexibility index (Phi) is 5.18. The van der Waals surface area contributed by atoms with E-state index in [0.29, 0.717) is 17.2 Å². The van der Waals surface area contributed by atoms with E-state index in [1.54, 1.807) is 26.5 Å². The van der Waals surface area contributed by atoms with Crippen molar-refractivity contribution in [1.82, 2.24) is 9.47 Å². The number of ether oxygens (including phenoxy) is 2. The van der Waals surface area contributed by atoms with Crippen molar-refractivity contribution in [2.75, 3.05) is 26.1 Å². The number of anilines is 1. The minimum atomic E-state index is -0.260. The Morgan fingerprint density at radius 1 is 1.10 bits per heavy atom. The first kappa shape index (κ1) is 19.6. The summed E-state index contributed by atoms with van der Waals surface area (Å²) in [5.74, 6) is 0.742. The molecule has 3 aromatic rings. The van der Waals surface area contributed by atoms with Crippen LogP contribution in [0.15, 0.2) is 48.8 Å². The maximum atomic E-state index is 12.7. The van der Waals surface area contributed by atoms with E-state index in [-0.39, 0.29) is 24.8 Å². The Morgan fingerprint density at radius 2 is 1.87 bits per heavy atom. The molecule has 0 fully saturated rings. The molecule has 4 rings (SSSR count). The summed E-state index contributed by atoms with van der Waals surface area (Å²) in [4.78, 5) is 26.7. The lowest BCUT2D eigenvalue weighted by Crippen LogP contribution is -2.34. The normalized spacial score (nSPS) is 13.2. The summed E-state index contributed by atoms with van der Waals surface area (Å²) in [6.07, 6.45) is 5.59. The second-order valence-corrected chi connectivity index (χ2v) is 7.17. The van der Waals surface area contributed by atoms with E-state index >= 15 is 0 Å². The first-order valence-electron chi connectivity index (χ1n) is 9.56. The van der Waals surface area contributed by atoms with Crippen LogP contribution in [0.3, 0.4) is 0 Å². The standard InChI is InChI=1S/C23H23N3O4/c1-25-8-6-16-10-18(4-5-19(16)25)24-22(27)14-26-9-7-15-11-20(29-2)21(30-3)12-17(15)13-23(26)28/h4-12H,13-14H2,1-3H3,(H,24,27). The Hall–Kier alpha value is -3.74. The number of carbonyl (C=O) groups is 2. The number of carbonyl (C=O) groups excluding carboxylic acids is 2. The monoisotopic (exact) mass is 405 g/mol. The van der Waals surface area contributed by atoms with Crippen molar-refractivity contribution in [2.45, 2.75) is 6.42 Å². The molecule has 0 bridgehead atoms. The number of methoxy groups -OCH3 is 2. The van der Waals surface area contributed by atoms with Gasteiger partial charge in [-0.2, -0.15) is 0 Å². The molecule has 2 heterocycles. The van der Waals surface area contributed by atoms with Crippen molar-refractivity contribution >= 4 is 34.5 Å². The van der Waals surface area contributed by atoms with Crippen molar-refractivity contribution in [3.05, 3.63) is 59.9 Å². The van der Waals surface area contributed by atoms with E-state index in [1.807, 2.05) is 54.2 Å². The van der Waals surface area contributed by atoms with Gasteiger partial charge in [0, 0.05) is 36.0 Å². The van der Waals surface area contributed by atoms with Crippen LogP contribution in [0, 0.1) is 0 Å². The molecule has 30 heavy (non-hydrogen) atoms. The zero-order chi connectivity index (χ0) is 21.3. The molecule has 154 valence electrons. The number of fused-ring (bicyclic) bond motifs is 2. The van der Waals surface area contributed by atoms with E-state index in [1.165, 1.54) is 4.90 Å². The van der Waals surface area contributed by atoms with Gasteiger partial charge < -0.3 is 24.3 Å². The average Bonchev–Trinajstić information content (AvgIpc) is 3.03. The van der Waals surface area contributed by atoms with Crippen LogP contribution in [0.1, 0.15) is 11.1 Å². The summed E-state index contributed by atoms with van der Waals surface area (Å²) < 4.78 is 12.7. The molecule has 0 saturated carbocycles. The van der Waals surface area contributed by atoms with Crippen molar-refractivity contribution in [1.29, 1.82) is 0 Å². The van der Waals surface area contributed by atoms with Crippen LogP contribution in [0.4, 0.5) is 5.69 Å². The van der Waals surface area contributed by atoms with Gasteiger partial charge in [0.05, 0.1) is 20.6 Å². The minimum absolute atomic E-state index is 0.0651. The van der Waals surface area contributed by atoms with Gasteiger partial charge in [0.2, 0.25) is 11.8 Å². The highest BCUT2D eigenvalue weighted by atomic mass is 16.5. The van der Waals surface area contributed by atoms with E-state index < -0.39 is 0 Å². The number of hydrogen-bond acceptors (Lipinski definition) is 4. The molecule has 0 spiro atoms. The third-order valence-electron chi connectivity index (χ3n) is 5.22. The molecule has 0 saturated heterocycles. The molecule has 1 N–H and O–H groups in total. The number of nitrogens with one attached hydrogen (secondary N) is 1. The molecular formula is C23H23N3O4. The zero-order valence-corrected chi connectivity index (χ0v) is 17.1. The highest BCUT2D eigenvalue weighted by Gasteiger charge is 2.21. The number of aryl methyl sites for hydroxylation is 1. The summed E-state index contributed by atoms with van der Waals surface area (Å²) in [5, 5.41) is 3.91. The van der Waals surface area contributed by atoms with E-state index in [9.17, 15) is 9.59 Å². The van der Waals surface area contributed by atoms with Crippen molar-refractivity contribution in [3.63, 3.8) is 0 Å². The molecule has 0 radical (unpaired) electrons. The quantitative estimate of drug-likeness (QED) is 0.708. The lowest BCUT2D eigenvalue weighted by molar-refractivity contribution is -0.131. The van der Waals surface area contributed by atoms with Gasteiger partial charge in [0.15, 0.2) is 11.5 Å². The fourth-order valence-electron chi connectivity index (χ4n) is 3.62. The molecule has 2 amide bonds. The minimum Gasteiger partial charge on any atom is -0.493 e. The van der Waals surface area contributed by atoms with Crippen LogP contribution in [0.25, 0.3) is 17.0 Å². The fraction of sp³-hybridized carbons (Fsp3) is 0.217. The second-order valence-electron chi connectivity index (χ2n) is 7.17. The Balaban J connectivity index is 1.48. The first-order chi connectivity index (χ1) is 14.5. The van der Waals surface area contributed by atoms with Gasteiger partial charge in [-0.1, -0.05) is 0 Å². The summed E-state index contributed by atoms with van der Waals surface area (Å²) in [7, 11) is 5.10. The number of nitrogens with zero attached hydrogens (tertiary/aromatic N) is 2.